The maximum absolute atomic E-state index is 13.1. The Morgan fingerprint density at radius 2 is 1.93 bits per heavy atom. The summed E-state index contributed by atoms with van der Waals surface area (Å²) in [6.45, 7) is 4.03. The molecule has 6 nitrogen and oxygen atoms in total. The first-order valence-corrected chi connectivity index (χ1v) is 9.07. The van der Waals surface area contributed by atoms with E-state index in [4.69, 9.17) is 9.84 Å². The van der Waals surface area contributed by atoms with Crippen molar-refractivity contribution in [3.05, 3.63) is 65.6 Å². The quantitative estimate of drug-likeness (QED) is 0.717. The monoisotopic (exact) mass is 362 g/mol. The van der Waals surface area contributed by atoms with Gasteiger partial charge in [0.25, 0.3) is 5.91 Å². The van der Waals surface area contributed by atoms with E-state index in [1.54, 1.807) is 19.5 Å². The predicted octanol–water partition coefficient (Wildman–Crippen LogP) is 3.31. The molecule has 0 unspecified atom stereocenters. The van der Waals surface area contributed by atoms with Crippen LogP contribution in [-0.4, -0.2) is 39.2 Å². The van der Waals surface area contributed by atoms with Gasteiger partial charge in [-0.3, -0.25) is 14.5 Å². The lowest BCUT2D eigenvalue weighted by molar-refractivity contribution is 0.0745. The van der Waals surface area contributed by atoms with Crippen LogP contribution in [0.2, 0.25) is 0 Å². The van der Waals surface area contributed by atoms with Crippen LogP contribution in [0.5, 0.6) is 5.75 Å². The molecule has 0 atom stereocenters. The Balaban J connectivity index is 1.60. The van der Waals surface area contributed by atoms with Gasteiger partial charge in [0.2, 0.25) is 0 Å². The van der Waals surface area contributed by atoms with Crippen molar-refractivity contribution < 1.29 is 9.53 Å². The largest absolute Gasteiger partial charge is 0.497 e. The van der Waals surface area contributed by atoms with Crippen LogP contribution in [0, 0.1) is 6.92 Å². The van der Waals surface area contributed by atoms with Crippen LogP contribution in [0.1, 0.15) is 28.0 Å². The highest BCUT2D eigenvalue weighted by atomic mass is 16.5. The van der Waals surface area contributed by atoms with Gasteiger partial charge in [0, 0.05) is 36.6 Å². The van der Waals surface area contributed by atoms with Gasteiger partial charge < -0.3 is 9.64 Å². The summed E-state index contributed by atoms with van der Waals surface area (Å²) in [4.78, 5) is 19.1. The number of amides is 1. The maximum Gasteiger partial charge on any atom is 0.254 e. The van der Waals surface area contributed by atoms with E-state index in [9.17, 15) is 4.79 Å². The third-order valence-corrected chi connectivity index (χ3v) is 4.94. The smallest absolute Gasteiger partial charge is 0.254 e. The van der Waals surface area contributed by atoms with E-state index < -0.39 is 0 Å². The van der Waals surface area contributed by atoms with Gasteiger partial charge in [-0.05, 0) is 55.3 Å². The molecular formula is C21H22N4O2. The molecule has 1 aromatic carbocycles. The van der Waals surface area contributed by atoms with Gasteiger partial charge in [-0.25, -0.2) is 0 Å². The van der Waals surface area contributed by atoms with E-state index in [-0.39, 0.29) is 5.91 Å². The average Bonchev–Trinajstić information content (AvgIpc) is 2.99. The number of aromatic nitrogens is 3. The molecule has 3 aromatic rings. The van der Waals surface area contributed by atoms with E-state index in [1.807, 2.05) is 46.8 Å². The minimum absolute atomic E-state index is 0.0512. The topological polar surface area (TPSA) is 60.2 Å². The summed E-state index contributed by atoms with van der Waals surface area (Å²) in [6.07, 6.45) is 4.41. The van der Waals surface area contributed by atoms with Crippen molar-refractivity contribution in [1.29, 1.82) is 0 Å². The summed E-state index contributed by atoms with van der Waals surface area (Å²) in [5, 5.41) is 4.72. The minimum Gasteiger partial charge on any atom is -0.497 e. The number of fused-ring (bicyclic) bond motifs is 1. The molecule has 0 saturated carbocycles. The molecule has 0 aliphatic carbocycles. The van der Waals surface area contributed by atoms with E-state index in [1.165, 1.54) is 0 Å². The van der Waals surface area contributed by atoms with Crippen molar-refractivity contribution in [2.45, 2.75) is 26.4 Å². The Kier molecular flexibility index (Phi) is 4.62. The lowest BCUT2D eigenvalue weighted by Crippen LogP contribution is -2.31. The second kappa shape index (κ2) is 7.23. The number of hydrogen-bond donors (Lipinski definition) is 0. The Morgan fingerprint density at radius 1 is 1.11 bits per heavy atom. The number of hydrogen-bond acceptors (Lipinski definition) is 4. The fourth-order valence-corrected chi connectivity index (χ4v) is 3.47. The molecule has 2 aromatic heterocycles. The van der Waals surface area contributed by atoms with Crippen molar-refractivity contribution in [3.63, 3.8) is 0 Å². The zero-order valence-corrected chi connectivity index (χ0v) is 15.6. The van der Waals surface area contributed by atoms with Gasteiger partial charge in [-0.2, -0.15) is 5.10 Å². The third-order valence-electron chi connectivity index (χ3n) is 4.94. The van der Waals surface area contributed by atoms with Crippen molar-refractivity contribution in [2.75, 3.05) is 13.7 Å². The number of aryl methyl sites for hydroxylation is 2. The lowest BCUT2D eigenvalue weighted by Gasteiger charge is -2.21. The van der Waals surface area contributed by atoms with Gasteiger partial charge in [0.1, 0.15) is 5.75 Å². The fraction of sp³-hybridized carbons (Fsp3) is 0.286. The Morgan fingerprint density at radius 3 is 2.67 bits per heavy atom. The number of methoxy groups -OCH3 is 1. The number of pyridine rings is 1. The minimum atomic E-state index is 0.0512. The second-order valence-electron chi connectivity index (χ2n) is 6.74. The van der Waals surface area contributed by atoms with E-state index in [2.05, 4.69) is 11.1 Å². The maximum atomic E-state index is 13.1. The molecule has 6 heteroatoms. The molecule has 27 heavy (non-hydrogen) atoms. The van der Waals surface area contributed by atoms with Crippen molar-refractivity contribution >= 4 is 5.91 Å². The van der Waals surface area contributed by atoms with Crippen molar-refractivity contribution in [1.82, 2.24) is 19.7 Å². The van der Waals surface area contributed by atoms with E-state index in [0.29, 0.717) is 6.54 Å². The normalized spacial score (nSPS) is 13.8. The summed E-state index contributed by atoms with van der Waals surface area (Å²) < 4.78 is 7.26. The van der Waals surface area contributed by atoms with Crippen LogP contribution in [0.15, 0.2) is 48.8 Å². The van der Waals surface area contributed by atoms with Crippen LogP contribution in [0.25, 0.3) is 11.3 Å². The molecule has 4 rings (SSSR count). The molecule has 0 fully saturated rings. The first-order valence-electron chi connectivity index (χ1n) is 9.07. The molecule has 0 N–H and O–H groups in total. The Labute approximate surface area is 158 Å². The molecule has 1 amide bonds. The number of nitrogens with zero attached hydrogens (tertiary/aromatic N) is 4. The zero-order valence-electron chi connectivity index (χ0n) is 15.6. The molecule has 0 radical (unpaired) electrons. The van der Waals surface area contributed by atoms with Gasteiger partial charge in [-0.1, -0.05) is 0 Å². The van der Waals surface area contributed by atoms with Crippen molar-refractivity contribution in [3.8, 4) is 17.0 Å². The zero-order chi connectivity index (χ0) is 18.8. The Hall–Kier alpha value is -3.15. The number of carbonyl (C=O) groups excluding carboxylic acids is 1. The van der Waals surface area contributed by atoms with Gasteiger partial charge in [0.05, 0.1) is 25.0 Å². The molecule has 0 saturated heterocycles. The number of benzene rings is 1. The molecule has 0 bridgehead atoms. The highest BCUT2D eigenvalue weighted by Gasteiger charge is 2.23. The average molecular weight is 362 g/mol. The molecular weight excluding hydrogens is 340 g/mol. The number of carbonyl (C=O) groups is 1. The summed E-state index contributed by atoms with van der Waals surface area (Å²) in [7, 11) is 1.63. The summed E-state index contributed by atoms with van der Waals surface area (Å²) in [5.41, 5.74) is 4.66. The first kappa shape index (κ1) is 17.3. The van der Waals surface area contributed by atoms with Crippen LogP contribution in [0.3, 0.4) is 0 Å². The fourth-order valence-electron chi connectivity index (χ4n) is 3.47. The standard InChI is InChI=1S/C21H22N4O2/c1-15-12-18(27-2)4-5-19(15)21(26)24-10-3-11-25-17(14-24)13-20(23-25)16-6-8-22-9-7-16/h4-9,12-13H,3,10-11,14H2,1-2H3. The number of ether oxygens (including phenoxy) is 1. The SMILES string of the molecule is COc1ccc(C(=O)N2CCCn3nc(-c4ccncc4)cc3C2)c(C)c1. The van der Waals surface area contributed by atoms with E-state index >= 15 is 0 Å². The number of rotatable bonds is 3. The van der Waals surface area contributed by atoms with Crippen LogP contribution in [-0.2, 0) is 13.1 Å². The van der Waals surface area contributed by atoms with Gasteiger partial charge >= 0.3 is 0 Å². The second-order valence-corrected chi connectivity index (χ2v) is 6.74. The third kappa shape index (κ3) is 3.43. The highest BCUT2D eigenvalue weighted by Crippen LogP contribution is 2.24. The molecule has 3 heterocycles. The van der Waals surface area contributed by atoms with Crippen molar-refractivity contribution in [2.24, 2.45) is 0 Å². The van der Waals surface area contributed by atoms with E-state index in [0.717, 1.165) is 53.3 Å². The lowest BCUT2D eigenvalue weighted by atomic mass is 10.1. The molecule has 0 spiro atoms. The van der Waals surface area contributed by atoms with Crippen LogP contribution in [0.4, 0.5) is 0 Å². The van der Waals surface area contributed by atoms with Gasteiger partial charge in [0.15, 0.2) is 0 Å². The summed E-state index contributed by atoms with van der Waals surface area (Å²) >= 11 is 0. The first-order chi connectivity index (χ1) is 13.2. The van der Waals surface area contributed by atoms with Gasteiger partial charge in [-0.15, -0.1) is 0 Å². The van der Waals surface area contributed by atoms with Crippen LogP contribution >= 0.6 is 0 Å². The highest BCUT2D eigenvalue weighted by molar-refractivity contribution is 5.95. The molecule has 1 aliphatic rings. The summed E-state index contributed by atoms with van der Waals surface area (Å²) in [5.74, 6) is 0.815. The summed E-state index contributed by atoms with van der Waals surface area (Å²) in [6, 6.07) is 11.6. The van der Waals surface area contributed by atoms with Crippen LogP contribution < -0.4 is 4.74 Å². The predicted molar refractivity (Wildman–Crippen MR) is 103 cm³/mol. The Bertz CT molecular complexity index is 966. The molecule has 1 aliphatic heterocycles. The molecule has 138 valence electrons.